The topological polar surface area (TPSA) is 237 Å². The van der Waals surface area contributed by atoms with Crippen LogP contribution in [0.15, 0.2) is 0 Å². The molecule has 4 unspecified atom stereocenters. The summed E-state index contributed by atoms with van der Waals surface area (Å²) in [5, 5.41) is 10.6. The molecule has 6 atom stereocenters. The lowest BCUT2D eigenvalue weighted by molar-refractivity contribution is -0.161. The van der Waals surface area contributed by atoms with Gasteiger partial charge in [0.2, 0.25) is 0 Å². The number of esters is 4. The Balaban J connectivity index is 5.18. The van der Waals surface area contributed by atoms with E-state index in [4.69, 9.17) is 37.0 Å². The van der Waals surface area contributed by atoms with E-state index in [1.54, 1.807) is 0 Å². The van der Waals surface area contributed by atoms with Crippen LogP contribution in [0.3, 0.4) is 0 Å². The molecule has 0 saturated heterocycles. The minimum Gasteiger partial charge on any atom is -0.462 e. The van der Waals surface area contributed by atoms with E-state index < -0.39 is 97.5 Å². The van der Waals surface area contributed by atoms with Crippen LogP contribution >= 0.6 is 15.6 Å². The first-order chi connectivity index (χ1) is 44.6. The summed E-state index contributed by atoms with van der Waals surface area (Å²) in [7, 11) is -9.91. The highest BCUT2D eigenvalue weighted by Crippen LogP contribution is 2.45. The largest absolute Gasteiger partial charge is 0.472 e. The maximum Gasteiger partial charge on any atom is 0.472 e. The summed E-state index contributed by atoms with van der Waals surface area (Å²) in [6, 6.07) is 0. The number of phosphoric acid groups is 2. The van der Waals surface area contributed by atoms with Crippen LogP contribution in [0.4, 0.5) is 0 Å². The standard InChI is InChI=1S/C74H144O17P2/c1-9-67(8)53-45-37-32-33-41-49-57-74(79)91-70(61-84-71(76)54-46-38-29-23-19-15-13-11-10-12-14-17-21-26-34-42-50-64(2)3)63-89-93(82,83)87-59-68(75)58-86-92(80,81)88-62-69(60-85-72(77)55-47-39-31-25-28-36-44-52-66(6)7)90-73(78)56-48-40-30-24-20-16-18-22-27-35-43-51-65(4)5/h64-70,75H,9-63H2,1-8H3,(H,80,81)(H,82,83)/t67?,68?,69-,70-/m1/s1. The van der Waals surface area contributed by atoms with Gasteiger partial charge in [0.15, 0.2) is 12.2 Å². The number of aliphatic hydroxyl groups is 1. The van der Waals surface area contributed by atoms with Crippen molar-refractivity contribution in [3.8, 4) is 0 Å². The van der Waals surface area contributed by atoms with Crippen LogP contribution in [0.1, 0.15) is 370 Å². The Hall–Kier alpha value is -1.94. The highest BCUT2D eigenvalue weighted by Gasteiger charge is 2.30. The van der Waals surface area contributed by atoms with E-state index in [-0.39, 0.29) is 25.7 Å². The summed E-state index contributed by atoms with van der Waals surface area (Å²) in [6.45, 7) is 14.1. The monoisotopic (exact) mass is 1370 g/mol. The molecule has 17 nitrogen and oxygen atoms in total. The van der Waals surface area contributed by atoms with Crippen molar-refractivity contribution in [3.63, 3.8) is 0 Å². The van der Waals surface area contributed by atoms with Gasteiger partial charge in [-0.25, -0.2) is 9.13 Å². The molecule has 0 saturated carbocycles. The van der Waals surface area contributed by atoms with Gasteiger partial charge in [-0.1, -0.05) is 319 Å². The summed E-state index contributed by atoms with van der Waals surface area (Å²) in [5.74, 6) is 0.875. The van der Waals surface area contributed by atoms with E-state index in [0.29, 0.717) is 31.6 Å². The molecule has 0 aromatic carbocycles. The van der Waals surface area contributed by atoms with Crippen molar-refractivity contribution in [2.24, 2.45) is 23.7 Å². The number of ether oxygens (including phenoxy) is 4. The summed E-state index contributed by atoms with van der Waals surface area (Å²) in [6.07, 6.45) is 47.4. The van der Waals surface area contributed by atoms with Crippen molar-refractivity contribution < 1.29 is 80.2 Å². The molecule has 552 valence electrons. The second-order valence-corrected chi connectivity index (χ2v) is 31.3. The van der Waals surface area contributed by atoms with Gasteiger partial charge in [0.1, 0.15) is 19.3 Å². The van der Waals surface area contributed by atoms with E-state index in [2.05, 4.69) is 55.4 Å². The molecule has 0 aliphatic rings. The second kappa shape index (κ2) is 63.5. The van der Waals surface area contributed by atoms with Gasteiger partial charge in [-0.15, -0.1) is 0 Å². The average molecular weight is 1370 g/mol. The average Bonchev–Trinajstić information content (AvgIpc) is 3.02. The van der Waals surface area contributed by atoms with E-state index in [1.807, 2.05) is 0 Å². The van der Waals surface area contributed by atoms with Gasteiger partial charge in [-0.05, 0) is 49.4 Å². The van der Waals surface area contributed by atoms with Crippen molar-refractivity contribution in [3.05, 3.63) is 0 Å². The van der Waals surface area contributed by atoms with Crippen molar-refractivity contribution in [2.45, 2.75) is 388 Å². The van der Waals surface area contributed by atoms with Crippen molar-refractivity contribution in [1.29, 1.82) is 0 Å². The maximum absolute atomic E-state index is 13.0. The molecule has 0 aliphatic heterocycles. The summed E-state index contributed by atoms with van der Waals surface area (Å²) in [4.78, 5) is 72.7. The first kappa shape index (κ1) is 91.1. The molecule has 3 N–H and O–H groups in total. The fourth-order valence-corrected chi connectivity index (χ4v) is 12.7. The highest BCUT2D eigenvalue weighted by molar-refractivity contribution is 7.47. The van der Waals surface area contributed by atoms with Crippen LogP contribution < -0.4 is 0 Å². The van der Waals surface area contributed by atoms with Crippen molar-refractivity contribution in [1.82, 2.24) is 0 Å². The molecule has 0 aliphatic carbocycles. The number of unbranched alkanes of at least 4 members (excludes halogenated alkanes) is 36. The molecule has 0 amide bonds. The number of hydrogen-bond acceptors (Lipinski definition) is 15. The first-order valence-corrected chi connectivity index (χ1v) is 41.2. The fraction of sp³-hybridized carbons (Fsp3) is 0.946. The molecule has 0 aromatic rings. The number of hydrogen-bond donors (Lipinski definition) is 3. The quantitative estimate of drug-likeness (QED) is 0.0222. The third-order valence-electron chi connectivity index (χ3n) is 17.4. The second-order valence-electron chi connectivity index (χ2n) is 28.4. The maximum atomic E-state index is 13.0. The number of aliphatic hydroxyl groups excluding tert-OH is 1. The van der Waals surface area contributed by atoms with E-state index in [1.165, 1.54) is 167 Å². The molecule has 0 fully saturated rings. The van der Waals surface area contributed by atoms with Gasteiger partial charge < -0.3 is 33.8 Å². The number of rotatable bonds is 71. The molecule has 0 bridgehead atoms. The molecular weight excluding hydrogens is 1220 g/mol. The Labute approximate surface area is 568 Å². The highest BCUT2D eigenvalue weighted by atomic mass is 31.2. The van der Waals surface area contributed by atoms with Crippen molar-refractivity contribution in [2.75, 3.05) is 39.6 Å². The van der Waals surface area contributed by atoms with Crippen LogP contribution in [0.2, 0.25) is 0 Å². The molecule has 0 heterocycles. The van der Waals surface area contributed by atoms with Gasteiger partial charge in [0, 0.05) is 25.7 Å². The third kappa shape index (κ3) is 67.0. The zero-order valence-corrected chi connectivity index (χ0v) is 62.7. The van der Waals surface area contributed by atoms with Crippen LogP contribution in [0.5, 0.6) is 0 Å². The van der Waals surface area contributed by atoms with E-state index in [9.17, 15) is 43.2 Å². The van der Waals surface area contributed by atoms with Crippen LogP contribution in [-0.2, 0) is 65.4 Å². The van der Waals surface area contributed by atoms with Gasteiger partial charge in [0.25, 0.3) is 0 Å². The van der Waals surface area contributed by atoms with E-state index in [0.717, 1.165) is 114 Å². The number of phosphoric ester groups is 2. The lowest BCUT2D eigenvalue weighted by atomic mass is 10.00. The zero-order valence-electron chi connectivity index (χ0n) is 60.9. The predicted molar refractivity (Wildman–Crippen MR) is 377 cm³/mol. The first-order valence-electron chi connectivity index (χ1n) is 38.2. The third-order valence-corrected chi connectivity index (χ3v) is 19.3. The molecular formula is C74H144O17P2. The Morgan fingerprint density at radius 2 is 0.516 bits per heavy atom. The van der Waals surface area contributed by atoms with Crippen LogP contribution in [-0.4, -0.2) is 96.7 Å². The Bertz CT molecular complexity index is 1840. The molecule has 93 heavy (non-hydrogen) atoms. The summed E-state index contributed by atoms with van der Waals surface area (Å²) < 4.78 is 68.4. The van der Waals surface area contributed by atoms with E-state index >= 15 is 0 Å². The number of carbonyl (C=O) groups excluding carboxylic acids is 4. The number of carbonyl (C=O) groups is 4. The molecule has 0 radical (unpaired) electrons. The lowest BCUT2D eigenvalue weighted by Gasteiger charge is -2.21. The molecule has 0 rings (SSSR count). The Kier molecular flexibility index (Phi) is 62.2. The normalized spacial score (nSPS) is 14.5. The zero-order chi connectivity index (χ0) is 68.9. The smallest absolute Gasteiger partial charge is 0.462 e. The Morgan fingerprint density at radius 3 is 0.763 bits per heavy atom. The minimum atomic E-state index is -4.95. The van der Waals surface area contributed by atoms with Crippen molar-refractivity contribution >= 4 is 39.5 Å². The minimum absolute atomic E-state index is 0.103. The molecule has 19 heteroatoms. The predicted octanol–water partition coefficient (Wildman–Crippen LogP) is 21.3. The summed E-state index contributed by atoms with van der Waals surface area (Å²) in [5.41, 5.74) is 0. The van der Waals surface area contributed by atoms with Gasteiger partial charge in [0.05, 0.1) is 26.4 Å². The van der Waals surface area contributed by atoms with Gasteiger partial charge >= 0.3 is 39.5 Å². The van der Waals surface area contributed by atoms with Crippen LogP contribution in [0.25, 0.3) is 0 Å². The van der Waals surface area contributed by atoms with Gasteiger partial charge in [-0.3, -0.25) is 37.3 Å². The SMILES string of the molecule is CCC(C)CCCCCCCCC(=O)O[C@H](COC(=O)CCCCCCCCCCCCCCCCCCC(C)C)COP(=O)(O)OCC(O)COP(=O)(O)OC[C@@H](COC(=O)CCCCCCCCCC(C)C)OC(=O)CCCCCCCCCCCCCC(C)C. The lowest BCUT2D eigenvalue weighted by Crippen LogP contribution is -2.30. The van der Waals surface area contributed by atoms with Gasteiger partial charge in [-0.2, -0.15) is 0 Å². The molecule has 0 spiro atoms. The summed E-state index contributed by atoms with van der Waals surface area (Å²) >= 11 is 0. The van der Waals surface area contributed by atoms with Crippen LogP contribution in [0, 0.1) is 23.7 Å². The fourth-order valence-electron chi connectivity index (χ4n) is 11.2. The molecule has 0 aromatic heterocycles. The Morgan fingerprint density at radius 1 is 0.301 bits per heavy atom.